The van der Waals surface area contributed by atoms with Gasteiger partial charge in [-0.1, -0.05) is 23.7 Å². The molecule has 0 aliphatic rings. The fourth-order valence-electron chi connectivity index (χ4n) is 3.00. The average Bonchev–Trinajstić information content (AvgIpc) is 2.89. The first-order valence-corrected chi connectivity index (χ1v) is 8.36. The molecule has 6 nitrogen and oxygen atoms in total. The van der Waals surface area contributed by atoms with Crippen LogP contribution in [-0.2, 0) is 6.54 Å². The minimum atomic E-state index is -0.870. The molecule has 3 rings (SSSR count). The maximum absolute atomic E-state index is 13.5. The Bertz CT molecular complexity index is 1100. The van der Waals surface area contributed by atoms with Crippen molar-refractivity contribution in [2.45, 2.75) is 20.4 Å². The third kappa shape index (κ3) is 3.52. The van der Waals surface area contributed by atoms with Crippen molar-refractivity contribution in [1.29, 1.82) is 5.26 Å². The number of hydrogen-bond donors (Lipinski definition) is 0. The van der Waals surface area contributed by atoms with Crippen LogP contribution in [0.15, 0.2) is 36.4 Å². The molecule has 0 aliphatic carbocycles. The van der Waals surface area contributed by atoms with Gasteiger partial charge in [0, 0.05) is 17.3 Å². The van der Waals surface area contributed by atoms with Crippen molar-refractivity contribution < 1.29 is 9.31 Å². The van der Waals surface area contributed by atoms with Crippen molar-refractivity contribution in [3.8, 4) is 17.2 Å². The summed E-state index contributed by atoms with van der Waals surface area (Å²) in [7, 11) is 0. The van der Waals surface area contributed by atoms with Crippen LogP contribution in [0.25, 0.3) is 11.1 Å². The monoisotopic (exact) mass is 384 g/mol. The molecule has 0 amide bonds. The number of nitro groups is 1. The van der Waals surface area contributed by atoms with E-state index < -0.39 is 16.4 Å². The Morgan fingerprint density at radius 1 is 1.30 bits per heavy atom. The Hall–Kier alpha value is -3.24. The second-order valence-electron chi connectivity index (χ2n) is 6.05. The number of benzene rings is 2. The van der Waals surface area contributed by atoms with Gasteiger partial charge in [-0.2, -0.15) is 14.8 Å². The summed E-state index contributed by atoms with van der Waals surface area (Å²) < 4.78 is 15.2. The van der Waals surface area contributed by atoms with Crippen LogP contribution in [0.4, 0.5) is 10.1 Å². The lowest BCUT2D eigenvalue weighted by Gasteiger charge is -2.07. The molecule has 0 fully saturated rings. The molecule has 3 aromatic rings. The van der Waals surface area contributed by atoms with E-state index in [1.54, 1.807) is 22.9 Å². The van der Waals surface area contributed by atoms with Crippen LogP contribution in [0.1, 0.15) is 22.5 Å². The number of nitro benzene ring substituents is 1. The molecule has 2 aromatic carbocycles. The molecule has 136 valence electrons. The molecule has 0 spiro atoms. The van der Waals surface area contributed by atoms with Gasteiger partial charge in [0.2, 0.25) is 5.82 Å². The molecule has 1 heterocycles. The van der Waals surface area contributed by atoms with Crippen molar-refractivity contribution in [3.05, 3.63) is 79.9 Å². The standard InChI is InChI=1S/C19H14ClFN4O2/c1-11-19(14-4-5-15(9-22)16(20)8-14)12(2)24(23-11)10-13-3-6-17(21)18(7-13)25(26)27/h3-8H,10H2,1-2H3. The van der Waals surface area contributed by atoms with Gasteiger partial charge in [0.25, 0.3) is 0 Å². The van der Waals surface area contributed by atoms with Crippen molar-refractivity contribution in [2.75, 3.05) is 0 Å². The Balaban J connectivity index is 2.00. The zero-order valence-corrected chi connectivity index (χ0v) is 15.3. The number of rotatable bonds is 4. The van der Waals surface area contributed by atoms with Gasteiger partial charge in [-0.3, -0.25) is 14.8 Å². The van der Waals surface area contributed by atoms with E-state index in [9.17, 15) is 14.5 Å². The van der Waals surface area contributed by atoms with Crippen LogP contribution in [-0.4, -0.2) is 14.7 Å². The highest BCUT2D eigenvalue weighted by atomic mass is 35.5. The highest BCUT2D eigenvalue weighted by Gasteiger charge is 2.18. The summed E-state index contributed by atoms with van der Waals surface area (Å²) in [5, 5.41) is 24.8. The molecule has 0 aliphatic heterocycles. The van der Waals surface area contributed by atoms with E-state index in [-0.39, 0.29) is 6.54 Å². The van der Waals surface area contributed by atoms with E-state index in [4.69, 9.17) is 16.9 Å². The Labute approximate surface area is 159 Å². The van der Waals surface area contributed by atoms with Crippen LogP contribution < -0.4 is 0 Å². The lowest BCUT2D eigenvalue weighted by Crippen LogP contribution is -2.05. The zero-order chi connectivity index (χ0) is 19.7. The lowest BCUT2D eigenvalue weighted by molar-refractivity contribution is -0.387. The number of halogens is 2. The molecule has 0 bridgehead atoms. The molecule has 8 heteroatoms. The van der Waals surface area contributed by atoms with E-state index in [1.807, 2.05) is 19.9 Å². The molecule has 0 unspecified atom stereocenters. The van der Waals surface area contributed by atoms with Crippen LogP contribution in [0.2, 0.25) is 5.02 Å². The Morgan fingerprint density at radius 3 is 2.67 bits per heavy atom. The summed E-state index contributed by atoms with van der Waals surface area (Å²) in [6.07, 6.45) is 0. The summed E-state index contributed by atoms with van der Waals surface area (Å²) in [5.74, 6) is -0.870. The van der Waals surface area contributed by atoms with Crippen LogP contribution >= 0.6 is 11.6 Å². The molecule has 0 saturated heterocycles. The summed E-state index contributed by atoms with van der Waals surface area (Å²) in [6.45, 7) is 3.98. The Kier molecular flexibility index (Phi) is 4.93. The van der Waals surface area contributed by atoms with E-state index >= 15 is 0 Å². The van der Waals surface area contributed by atoms with Gasteiger partial charge in [-0.25, -0.2) is 0 Å². The van der Waals surface area contributed by atoms with Crippen molar-refractivity contribution in [1.82, 2.24) is 9.78 Å². The summed E-state index contributed by atoms with van der Waals surface area (Å²) >= 11 is 6.13. The molecular weight excluding hydrogens is 371 g/mol. The van der Waals surface area contributed by atoms with Gasteiger partial charge in [0.05, 0.1) is 27.7 Å². The smallest absolute Gasteiger partial charge is 0.265 e. The predicted molar refractivity (Wildman–Crippen MR) is 99.0 cm³/mol. The number of hydrogen-bond acceptors (Lipinski definition) is 4. The van der Waals surface area contributed by atoms with Gasteiger partial charge >= 0.3 is 5.69 Å². The highest BCUT2D eigenvalue weighted by molar-refractivity contribution is 6.32. The zero-order valence-electron chi connectivity index (χ0n) is 14.5. The summed E-state index contributed by atoms with van der Waals surface area (Å²) in [4.78, 5) is 10.2. The number of aryl methyl sites for hydroxylation is 1. The molecule has 0 atom stereocenters. The van der Waals surface area contributed by atoms with Gasteiger partial charge in [0.15, 0.2) is 0 Å². The van der Waals surface area contributed by atoms with E-state index in [0.29, 0.717) is 16.1 Å². The van der Waals surface area contributed by atoms with Crippen LogP contribution in [0, 0.1) is 41.1 Å². The first-order chi connectivity index (χ1) is 12.8. The van der Waals surface area contributed by atoms with E-state index in [0.717, 1.165) is 28.6 Å². The second-order valence-corrected chi connectivity index (χ2v) is 6.46. The molecule has 0 N–H and O–H groups in total. The van der Waals surface area contributed by atoms with Crippen molar-refractivity contribution in [3.63, 3.8) is 0 Å². The summed E-state index contributed by atoms with van der Waals surface area (Å²) in [5.41, 5.74) is 3.68. The SMILES string of the molecule is Cc1nn(Cc2ccc(F)c([N+](=O)[O-])c2)c(C)c1-c1ccc(C#N)c(Cl)c1. The quantitative estimate of drug-likeness (QED) is 0.478. The minimum Gasteiger partial charge on any atom is -0.265 e. The predicted octanol–water partition coefficient (Wildman–Crippen LogP) is 4.79. The first kappa shape index (κ1) is 18.5. The highest BCUT2D eigenvalue weighted by Crippen LogP contribution is 2.31. The number of nitriles is 1. The molecule has 0 saturated carbocycles. The molecule has 27 heavy (non-hydrogen) atoms. The fourth-order valence-corrected chi connectivity index (χ4v) is 3.22. The molecule has 1 aromatic heterocycles. The number of nitrogens with zero attached hydrogens (tertiary/aromatic N) is 4. The number of aromatic nitrogens is 2. The Morgan fingerprint density at radius 2 is 2.04 bits per heavy atom. The van der Waals surface area contributed by atoms with Crippen molar-refractivity contribution >= 4 is 17.3 Å². The maximum Gasteiger partial charge on any atom is 0.305 e. The topological polar surface area (TPSA) is 84.8 Å². The van der Waals surface area contributed by atoms with Gasteiger partial charge in [-0.05, 0) is 43.2 Å². The third-order valence-corrected chi connectivity index (χ3v) is 4.61. The molecule has 0 radical (unpaired) electrons. The van der Waals surface area contributed by atoms with Gasteiger partial charge in [0.1, 0.15) is 6.07 Å². The first-order valence-electron chi connectivity index (χ1n) is 7.98. The minimum absolute atomic E-state index is 0.262. The maximum atomic E-state index is 13.5. The van der Waals surface area contributed by atoms with E-state index in [1.165, 1.54) is 12.1 Å². The second kappa shape index (κ2) is 7.17. The van der Waals surface area contributed by atoms with Crippen LogP contribution in [0.3, 0.4) is 0 Å². The summed E-state index contributed by atoms with van der Waals surface area (Å²) in [6, 6.07) is 11.0. The average molecular weight is 385 g/mol. The largest absolute Gasteiger partial charge is 0.305 e. The van der Waals surface area contributed by atoms with Gasteiger partial charge < -0.3 is 0 Å². The molecular formula is C19H14ClFN4O2. The van der Waals surface area contributed by atoms with E-state index in [2.05, 4.69) is 5.10 Å². The van der Waals surface area contributed by atoms with Gasteiger partial charge in [-0.15, -0.1) is 0 Å². The fraction of sp³-hybridized carbons (Fsp3) is 0.158. The third-order valence-electron chi connectivity index (χ3n) is 4.30. The normalized spacial score (nSPS) is 10.6. The lowest BCUT2D eigenvalue weighted by atomic mass is 10.0. The van der Waals surface area contributed by atoms with Crippen LogP contribution in [0.5, 0.6) is 0 Å². The van der Waals surface area contributed by atoms with Crippen molar-refractivity contribution in [2.24, 2.45) is 0 Å².